The van der Waals surface area contributed by atoms with Crippen molar-refractivity contribution in [2.75, 3.05) is 31.1 Å². The molecule has 2 aromatic rings. The third kappa shape index (κ3) is 4.18. The van der Waals surface area contributed by atoms with Gasteiger partial charge in [0.05, 0.1) is 11.3 Å². The molecule has 1 heterocycles. The molecule has 144 valence electrons. The molecule has 2 aromatic carbocycles. The topological polar surface area (TPSA) is 59.4 Å². The predicted molar refractivity (Wildman–Crippen MR) is 110 cm³/mol. The summed E-state index contributed by atoms with van der Waals surface area (Å²) < 4.78 is 0. The zero-order valence-corrected chi connectivity index (χ0v) is 16.1. The Kier molecular flexibility index (Phi) is 5.59. The molecule has 0 unspecified atom stereocenters. The van der Waals surface area contributed by atoms with Gasteiger partial charge in [0.15, 0.2) is 0 Å². The van der Waals surface area contributed by atoms with E-state index in [1.165, 1.54) is 0 Å². The summed E-state index contributed by atoms with van der Waals surface area (Å²) in [6, 6.07) is 20.2. The highest BCUT2D eigenvalue weighted by Crippen LogP contribution is 2.27. The highest BCUT2D eigenvalue weighted by molar-refractivity contribution is 5.83. The molecule has 4 rings (SSSR count). The SMILES string of the molecule is N#Cc1ccccc1N1CCCN([C@@H](C(=O)NC2CC2)c2ccccc2)CC1. The van der Waals surface area contributed by atoms with Gasteiger partial charge in [-0.15, -0.1) is 0 Å². The van der Waals surface area contributed by atoms with Crippen molar-refractivity contribution in [1.29, 1.82) is 5.26 Å². The number of nitrogens with one attached hydrogen (secondary N) is 1. The van der Waals surface area contributed by atoms with Crippen molar-refractivity contribution in [1.82, 2.24) is 10.2 Å². The van der Waals surface area contributed by atoms with E-state index in [1.54, 1.807) is 0 Å². The summed E-state index contributed by atoms with van der Waals surface area (Å²) in [4.78, 5) is 17.6. The molecule has 1 atom stereocenters. The first-order valence-corrected chi connectivity index (χ1v) is 10.1. The lowest BCUT2D eigenvalue weighted by Crippen LogP contribution is -2.43. The Bertz CT molecular complexity index is 856. The molecule has 5 nitrogen and oxygen atoms in total. The van der Waals surface area contributed by atoms with Crippen molar-refractivity contribution in [3.63, 3.8) is 0 Å². The van der Waals surface area contributed by atoms with Crippen LogP contribution in [0.1, 0.15) is 36.4 Å². The predicted octanol–water partition coefficient (Wildman–Crippen LogP) is 3.09. The largest absolute Gasteiger partial charge is 0.369 e. The molecule has 1 saturated heterocycles. The number of rotatable bonds is 5. The number of carbonyl (C=O) groups is 1. The normalized spacial score (nSPS) is 18.8. The summed E-state index contributed by atoms with van der Waals surface area (Å²) in [7, 11) is 0. The van der Waals surface area contributed by atoms with Crippen LogP contribution in [0.4, 0.5) is 5.69 Å². The minimum absolute atomic E-state index is 0.111. The van der Waals surface area contributed by atoms with Gasteiger partial charge in [-0.3, -0.25) is 9.69 Å². The molecule has 2 aliphatic rings. The molecule has 28 heavy (non-hydrogen) atoms. The van der Waals surface area contributed by atoms with E-state index in [4.69, 9.17) is 0 Å². The molecule has 5 heteroatoms. The van der Waals surface area contributed by atoms with Gasteiger partial charge in [0.2, 0.25) is 5.91 Å². The number of para-hydroxylation sites is 1. The lowest BCUT2D eigenvalue weighted by molar-refractivity contribution is -0.126. The first-order valence-electron chi connectivity index (χ1n) is 10.1. The summed E-state index contributed by atoms with van der Waals surface area (Å²) in [5.74, 6) is 0.111. The second-order valence-corrected chi connectivity index (χ2v) is 7.60. The number of hydrogen-bond acceptors (Lipinski definition) is 4. The van der Waals surface area contributed by atoms with Crippen molar-refractivity contribution < 1.29 is 4.79 Å². The van der Waals surface area contributed by atoms with E-state index in [-0.39, 0.29) is 11.9 Å². The van der Waals surface area contributed by atoms with Crippen molar-refractivity contribution in [3.05, 3.63) is 65.7 Å². The van der Waals surface area contributed by atoms with Gasteiger partial charge in [0, 0.05) is 32.2 Å². The number of nitrogens with zero attached hydrogens (tertiary/aromatic N) is 3. The third-order valence-corrected chi connectivity index (χ3v) is 5.55. The van der Waals surface area contributed by atoms with E-state index in [1.807, 2.05) is 54.6 Å². The van der Waals surface area contributed by atoms with E-state index >= 15 is 0 Å². The Balaban J connectivity index is 1.53. The highest BCUT2D eigenvalue weighted by Gasteiger charge is 2.33. The zero-order valence-electron chi connectivity index (χ0n) is 16.1. The zero-order chi connectivity index (χ0) is 19.3. The van der Waals surface area contributed by atoms with Gasteiger partial charge in [-0.2, -0.15) is 5.26 Å². The smallest absolute Gasteiger partial charge is 0.242 e. The molecule has 1 N–H and O–H groups in total. The van der Waals surface area contributed by atoms with E-state index < -0.39 is 0 Å². The van der Waals surface area contributed by atoms with Crippen LogP contribution in [0.3, 0.4) is 0 Å². The maximum Gasteiger partial charge on any atom is 0.242 e. The van der Waals surface area contributed by atoms with Crippen LogP contribution in [-0.4, -0.2) is 43.0 Å². The van der Waals surface area contributed by atoms with E-state index in [0.717, 1.165) is 56.7 Å². The first kappa shape index (κ1) is 18.5. The first-order chi connectivity index (χ1) is 13.8. The number of carbonyl (C=O) groups excluding carboxylic acids is 1. The summed E-state index contributed by atoms with van der Waals surface area (Å²) in [5.41, 5.74) is 2.75. The van der Waals surface area contributed by atoms with E-state index in [0.29, 0.717) is 11.6 Å². The fraction of sp³-hybridized carbons (Fsp3) is 0.391. The minimum Gasteiger partial charge on any atom is -0.369 e. The van der Waals surface area contributed by atoms with Gasteiger partial charge >= 0.3 is 0 Å². The molecular weight excluding hydrogens is 348 g/mol. The Hall–Kier alpha value is -2.84. The van der Waals surface area contributed by atoms with Crippen LogP contribution in [0.5, 0.6) is 0 Å². The van der Waals surface area contributed by atoms with Gasteiger partial charge in [0.25, 0.3) is 0 Å². The van der Waals surface area contributed by atoms with Crippen LogP contribution in [0.2, 0.25) is 0 Å². The summed E-state index contributed by atoms with van der Waals surface area (Å²) >= 11 is 0. The summed E-state index contributed by atoms with van der Waals surface area (Å²) in [5, 5.41) is 12.6. The third-order valence-electron chi connectivity index (χ3n) is 5.55. The van der Waals surface area contributed by atoms with Gasteiger partial charge in [-0.05, 0) is 37.0 Å². The fourth-order valence-corrected chi connectivity index (χ4v) is 3.95. The molecule has 1 aliphatic carbocycles. The van der Waals surface area contributed by atoms with Gasteiger partial charge < -0.3 is 10.2 Å². The monoisotopic (exact) mass is 374 g/mol. The standard InChI is InChI=1S/C23H26N4O/c24-17-19-9-4-5-10-21(19)26-13-6-14-27(16-15-26)22(18-7-2-1-3-8-18)23(28)25-20-11-12-20/h1-5,7-10,20,22H,6,11-16H2,(H,25,28)/t22-/m1/s1. The van der Waals surface area contributed by atoms with Crippen LogP contribution in [0.15, 0.2) is 54.6 Å². The van der Waals surface area contributed by atoms with Crippen molar-refractivity contribution in [2.24, 2.45) is 0 Å². The van der Waals surface area contributed by atoms with Crippen molar-refractivity contribution >= 4 is 11.6 Å². The lowest BCUT2D eigenvalue weighted by Gasteiger charge is -2.30. The Morgan fingerprint density at radius 2 is 1.75 bits per heavy atom. The van der Waals surface area contributed by atoms with Gasteiger partial charge in [-0.1, -0.05) is 42.5 Å². The molecule has 1 amide bonds. The molecular formula is C23H26N4O. The highest BCUT2D eigenvalue weighted by atomic mass is 16.2. The average molecular weight is 374 g/mol. The van der Waals surface area contributed by atoms with Crippen LogP contribution in [-0.2, 0) is 4.79 Å². The number of anilines is 1. The molecule has 1 aliphatic heterocycles. The maximum absolute atomic E-state index is 13.0. The molecule has 0 radical (unpaired) electrons. The summed E-state index contributed by atoms with van der Waals surface area (Å²) in [6.07, 6.45) is 3.14. The fourth-order valence-electron chi connectivity index (χ4n) is 3.95. The Labute approximate surface area is 166 Å². The van der Waals surface area contributed by atoms with Crippen LogP contribution >= 0.6 is 0 Å². The molecule has 0 spiro atoms. The second-order valence-electron chi connectivity index (χ2n) is 7.60. The lowest BCUT2D eigenvalue weighted by atomic mass is 10.0. The van der Waals surface area contributed by atoms with E-state index in [9.17, 15) is 10.1 Å². The van der Waals surface area contributed by atoms with Gasteiger partial charge in [0.1, 0.15) is 12.1 Å². The summed E-state index contributed by atoms with van der Waals surface area (Å²) in [6.45, 7) is 3.35. The van der Waals surface area contributed by atoms with Crippen LogP contribution in [0, 0.1) is 11.3 Å². The Morgan fingerprint density at radius 3 is 2.50 bits per heavy atom. The number of amides is 1. The van der Waals surface area contributed by atoms with Crippen LogP contribution < -0.4 is 10.2 Å². The number of benzene rings is 2. The molecule has 2 fully saturated rings. The quantitative estimate of drug-likeness (QED) is 0.874. The molecule has 1 saturated carbocycles. The number of hydrogen-bond donors (Lipinski definition) is 1. The Morgan fingerprint density at radius 1 is 1.00 bits per heavy atom. The number of nitriles is 1. The minimum atomic E-state index is -0.257. The van der Waals surface area contributed by atoms with Gasteiger partial charge in [-0.25, -0.2) is 0 Å². The maximum atomic E-state index is 13.0. The average Bonchev–Trinajstić information content (AvgIpc) is 3.56. The van der Waals surface area contributed by atoms with Crippen molar-refractivity contribution in [2.45, 2.75) is 31.3 Å². The molecule has 0 bridgehead atoms. The van der Waals surface area contributed by atoms with Crippen molar-refractivity contribution in [3.8, 4) is 6.07 Å². The second kappa shape index (κ2) is 8.45. The molecule has 0 aromatic heterocycles. The van der Waals surface area contributed by atoms with E-state index in [2.05, 4.69) is 21.2 Å². The van der Waals surface area contributed by atoms with Crippen LogP contribution in [0.25, 0.3) is 0 Å².